The van der Waals surface area contributed by atoms with E-state index in [1.807, 2.05) is 19.1 Å². The Morgan fingerprint density at radius 3 is 3.08 bits per heavy atom. The largest absolute Gasteiger partial charge is 0.395 e. The van der Waals surface area contributed by atoms with Crippen molar-refractivity contribution in [3.8, 4) is 0 Å². The van der Waals surface area contributed by atoms with E-state index in [1.54, 1.807) is 0 Å². The van der Waals surface area contributed by atoms with Crippen molar-refractivity contribution in [1.82, 2.24) is 15.2 Å². The number of unbranched alkanes of at least 4 members (excludes halogenated alkanes) is 1. The van der Waals surface area contributed by atoms with Gasteiger partial charge in [0, 0.05) is 23.5 Å². The third-order valence-corrected chi connectivity index (χ3v) is 4.89. The summed E-state index contributed by atoms with van der Waals surface area (Å²) in [6, 6.07) is 8.39. The van der Waals surface area contributed by atoms with Crippen LogP contribution >= 0.6 is 0 Å². The van der Waals surface area contributed by atoms with Crippen LogP contribution < -0.4 is 5.32 Å². The van der Waals surface area contributed by atoms with Crippen molar-refractivity contribution in [1.29, 1.82) is 0 Å². The second kappa shape index (κ2) is 7.81. The number of rotatable bonds is 7. The first-order valence-corrected chi connectivity index (χ1v) is 8.90. The number of nitrogens with zero attached hydrogens (tertiary/aromatic N) is 1. The first kappa shape index (κ1) is 17.0. The summed E-state index contributed by atoms with van der Waals surface area (Å²) in [7, 11) is 0. The molecule has 3 rings (SSSR count). The van der Waals surface area contributed by atoms with Gasteiger partial charge in [0.1, 0.15) is 5.69 Å². The van der Waals surface area contributed by atoms with Crippen molar-refractivity contribution in [2.75, 3.05) is 26.2 Å². The Labute approximate surface area is 143 Å². The minimum absolute atomic E-state index is 0.0433. The predicted octanol–water partition coefficient (Wildman–Crippen LogP) is 2.44. The number of fused-ring (bicyclic) bond motifs is 1. The summed E-state index contributed by atoms with van der Waals surface area (Å²) in [6.07, 6.45) is 4.29. The van der Waals surface area contributed by atoms with Gasteiger partial charge in [0.15, 0.2) is 0 Å². The van der Waals surface area contributed by atoms with Crippen LogP contribution in [-0.2, 0) is 0 Å². The molecule has 0 bridgehead atoms. The number of hydrogen-bond acceptors (Lipinski definition) is 3. The van der Waals surface area contributed by atoms with Crippen LogP contribution in [0.4, 0.5) is 0 Å². The fraction of sp³-hybridized carbons (Fsp3) is 0.526. The number of aliphatic hydroxyl groups is 1. The predicted molar refractivity (Wildman–Crippen MR) is 96.3 cm³/mol. The zero-order valence-corrected chi connectivity index (χ0v) is 14.3. The Hall–Kier alpha value is -1.85. The monoisotopic (exact) mass is 329 g/mol. The van der Waals surface area contributed by atoms with Gasteiger partial charge in [-0.05, 0) is 63.4 Å². The molecule has 1 atom stereocenters. The lowest BCUT2D eigenvalue weighted by Gasteiger charge is -2.22. The van der Waals surface area contributed by atoms with Crippen molar-refractivity contribution in [3.63, 3.8) is 0 Å². The lowest BCUT2D eigenvalue weighted by molar-refractivity contribution is 0.0948. The van der Waals surface area contributed by atoms with Gasteiger partial charge in [-0.15, -0.1) is 0 Å². The van der Waals surface area contributed by atoms with E-state index in [9.17, 15) is 9.90 Å². The number of H-pyrrole nitrogens is 1. The molecule has 130 valence electrons. The van der Waals surface area contributed by atoms with Gasteiger partial charge in [-0.3, -0.25) is 9.69 Å². The van der Waals surface area contributed by atoms with E-state index in [1.165, 1.54) is 12.0 Å². The molecule has 5 heteroatoms. The second-order valence-corrected chi connectivity index (χ2v) is 6.75. The number of aliphatic hydroxyl groups excluding tert-OH is 1. The highest BCUT2D eigenvalue weighted by molar-refractivity contribution is 5.98. The third-order valence-electron chi connectivity index (χ3n) is 4.89. The van der Waals surface area contributed by atoms with Crippen molar-refractivity contribution in [3.05, 3.63) is 35.5 Å². The average Bonchev–Trinajstić information content (AvgIpc) is 3.20. The van der Waals surface area contributed by atoms with E-state index in [0.717, 1.165) is 43.3 Å². The number of aromatic nitrogens is 1. The van der Waals surface area contributed by atoms with Crippen LogP contribution in [0.2, 0.25) is 0 Å². The summed E-state index contributed by atoms with van der Waals surface area (Å²) in [5.41, 5.74) is 2.80. The summed E-state index contributed by atoms with van der Waals surface area (Å²) >= 11 is 0. The molecule has 0 aliphatic carbocycles. The minimum Gasteiger partial charge on any atom is -0.395 e. The Morgan fingerprint density at radius 2 is 2.25 bits per heavy atom. The number of likely N-dealkylation sites (tertiary alicyclic amines) is 1. The number of benzene rings is 1. The maximum absolute atomic E-state index is 12.2. The summed E-state index contributed by atoms with van der Waals surface area (Å²) in [6.45, 7) is 5.09. The van der Waals surface area contributed by atoms with Crippen LogP contribution in [0.3, 0.4) is 0 Å². The fourth-order valence-corrected chi connectivity index (χ4v) is 3.50. The molecule has 1 amide bonds. The normalized spacial score (nSPS) is 18.3. The molecule has 5 nitrogen and oxygen atoms in total. The Balaban J connectivity index is 1.42. The highest BCUT2D eigenvalue weighted by Gasteiger charge is 2.22. The fourth-order valence-electron chi connectivity index (χ4n) is 3.50. The molecular weight excluding hydrogens is 302 g/mol. The summed E-state index contributed by atoms with van der Waals surface area (Å²) in [5, 5.41) is 13.4. The number of aromatic amines is 1. The molecule has 1 aliphatic heterocycles. The molecule has 0 radical (unpaired) electrons. The van der Waals surface area contributed by atoms with Gasteiger partial charge >= 0.3 is 0 Å². The average molecular weight is 329 g/mol. The Kier molecular flexibility index (Phi) is 5.53. The maximum atomic E-state index is 12.2. The van der Waals surface area contributed by atoms with Crippen LogP contribution in [0.1, 0.15) is 41.7 Å². The molecule has 1 unspecified atom stereocenters. The molecule has 2 heterocycles. The first-order valence-electron chi connectivity index (χ1n) is 8.90. The number of nitrogens with one attached hydrogen (secondary N) is 2. The van der Waals surface area contributed by atoms with Crippen molar-refractivity contribution in [2.45, 2.75) is 38.6 Å². The highest BCUT2D eigenvalue weighted by Crippen LogP contribution is 2.18. The van der Waals surface area contributed by atoms with Gasteiger partial charge < -0.3 is 15.4 Å². The van der Waals surface area contributed by atoms with E-state index in [4.69, 9.17) is 0 Å². The lowest BCUT2D eigenvalue weighted by Crippen LogP contribution is -2.33. The van der Waals surface area contributed by atoms with Crippen LogP contribution in [0, 0.1) is 6.92 Å². The number of carbonyl (C=O) groups excluding carboxylic acids is 1. The van der Waals surface area contributed by atoms with Gasteiger partial charge in [0.05, 0.1) is 6.61 Å². The van der Waals surface area contributed by atoms with Crippen LogP contribution in [0.5, 0.6) is 0 Å². The van der Waals surface area contributed by atoms with Crippen molar-refractivity contribution >= 4 is 16.8 Å². The highest BCUT2D eigenvalue weighted by atomic mass is 16.3. The number of amides is 1. The number of carbonyl (C=O) groups is 1. The summed E-state index contributed by atoms with van der Waals surface area (Å²) in [5.74, 6) is -0.0433. The van der Waals surface area contributed by atoms with Crippen molar-refractivity contribution in [2.24, 2.45) is 0 Å². The second-order valence-electron chi connectivity index (χ2n) is 6.75. The molecular formula is C19H27N3O2. The van der Waals surface area contributed by atoms with Crippen LogP contribution in [0.15, 0.2) is 24.3 Å². The van der Waals surface area contributed by atoms with Gasteiger partial charge in [-0.25, -0.2) is 0 Å². The molecule has 1 aromatic carbocycles. The Morgan fingerprint density at radius 1 is 1.38 bits per heavy atom. The van der Waals surface area contributed by atoms with Crippen molar-refractivity contribution < 1.29 is 9.90 Å². The SMILES string of the molecule is Cc1ccc2cc(C(=O)NCCCCN3CCCC3CO)[nH]c2c1. The summed E-state index contributed by atoms with van der Waals surface area (Å²) < 4.78 is 0. The smallest absolute Gasteiger partial charge is 0.267 e. The zero-order chi connectivity index (χ0) is 16.9. The molecule has 1 saturated heterocycles. The Bertz CT molecular complexity index is 695. The topological polar surface area (TPSA) is 68.4 Å². The summed E-state index contributed by atoms with van der Waals surface area (Å²) in [4.78, 5) is 17.8. The van der Waals surface area contributed by atoms with Crippen LogP contribution in [0.25, 0.3) is 10.9 Å². The van der Waals surface area contributed by atoms with Crippen LogP contribution in [-0.4, -0.2) is 53.2 Å². The molecule has 24 heavy (non-hydrogen) atoms. The molecule has 3 N–H and O–H groups in total. The molecule has 0 spiro atoms. The third kappa shape index (κ3) is 3.97. The molecule has 0 saturated carbocycles. The van der Waals surface area contributed by atoms with Gasteiger partial charge in [-0.1, -0.05) is 12.1 Å². The number of hydrogen-bond donors (Lipinski definition) is 3. The quantitative estimate of drug-likeness (QED) is 0.684. The zero-order valence-electron chi connectivity index (χ0n) is 14.3. The molecule has 1 aromatic heterocycles. The number of aryl methyl sites for hydroxylation is 1. The maximum Gasteiger partial charge on any atom is 0.267 e. The first-order chi connectivity index (χ1) is 11.7. The van der Waals surface area contributed by atoms with E-state index in [-0.39, 0.29) is 12.5 Å². The lowest BCUT2D eigenvalue weighted by atomic mass is 10.2. The molecule has 1 fully saturated rings. The van der Waals surface area contributed by atoms with E-state index < -0.39 is 0 Å². The van der Waals surface area contributed by atoms with E-state index in [0.29, 0.717) is 18.3 Å². The van der Waals surface area contributed by atoms with E-state index in [2.05, 4.69) is 27.3 Å². The van der Waals surface area contributed by atoms with Gasteiger partial charge in [0.2, 0.25) is 0 Å². The van der Waals surface area contributed by atoms with E-state index >= 15 is 0 Å². The molecule has 2 aromatic rings. The molecule has 1 aliphatic rings. The standard InChI is InChI=1S/C19H27N3O2/c1-14-6-7-15-12-18(21-17(15)11-14)19(24)20-8-2-3-9-22-10-4-5-16(22)13-23/h6-7,11-12,16,21,23H,2-5,8-10,13H2,1H3,(H,20,24). The van der Waals surface area contributed by atoms with Gasteiger partial charge in [0.25, 0.3) is 5.91 Å². The minimum atomic E-state index is -0.0433. The van der Waals surface area contributed by atoms with Gasteiger partial charge in [-0.2, -0.15) is 0 Å².